The van der Waals surface area contributed by atoms with E-state index in [9.17, 15) is 0 Å². The minimum atomic E-state index is -0.303. The molecule has 19 heavy (non-hydrogen) atoms. The maximum Gasteiger partial charge on any atom is 0.166 e. The molecular weight excluding hydrogens is 306 g/mol. The smallest absolute Gasteiger partial charge is 0.166 e. The van der Waals surface area contributed by atoms with E-state index in [1.54, 1.807) is 14.2 Å². The summed E-state index contributed by atoms with van der Waals surface area (Å²) in [5, 5.41) is 0. The van der Waals surface area contributed by atoms with Crippen LogP contribution in [0.15, 0.2) is 10.5 Å². The van der Waals surface area contributed by atoms with Crippen molar-refractivity contribution in [3.8, 4) is 11.5 Å². The van der Waals surface area contributed by atoms with Crippen LogP contribution in [-0.2, 0) is 12.0 Å². The molecule has 0 heterocycles. The summed E-state index contributed by atoms with van der Waals surface area (Å²) >= 11 is 3.73. The summed E-state index contributed by atoms with van der Waals surface area (Å²) in [7, 11) is 3.35. The van der Waals surface area contributed by atoms with Gasteiger partial charge in [0.2, 0.25) is 0 Å². The lowest BCUT2D eigenvalue weighted by atomic mass is 9.87. The first-order chi connectivity index (χ1) is 9.07. The number of rotatable bonds is 4. The Kier molecular flexibility index (Phi) is 4.41. The van der Waals surface area contributed by atoms with Gasteiger partial charge in [0, 0.05) is 15.6 Å². The lowest BCUT2D eigenvalue weighted by Crippen LogP contribution is -2.34. The highest BCUT2D eigenvalue weighted by Gasteiger charge is 2.37. The molecule has 2 N–H and O–H groups in total. The van der Waals surface area contributed by atoms with Gasteiger partial charge < -0.3 is 15.2 Å². The first-order valence-corrected chi connectivity index (χ1v) is 7.59. The second-order valence-corrected chi connectivity index (χ2v) is 5.97. The van der Waals surface area contributed by atoms with E-state index in [0.717, 1.165) is 40.8 Å². The molecule has 0 aromatic heterocycles. The summed E-state index contributed by atoms with van der Waals surface area (Å²) in [6.45, 7) is 2.13. The van der Waals surface area contributed by atoms with Gasteiger partial charge in [0.15, 0.2) is 11.5 Å². The lowest BCUT2D eigenvalue weighted by molar-refractivity contribution is 0.336. The van der Waals surface area contributed by atoms with E-state index in [1.807, 2.05) is 6.07 Å². The molecule has 0 spiro atoms. The zero-order valence-corrected chi connectivity index (χ0v) is 13.5. The van der Waals surface area contributed by atoms with Crippen LogP contribution in [0.4, 0.5) is 0 Å². The van der Waals surface area contributed by atoms with Gasteiger partial charge in [-0.1, -0.05) is 35.7 Å². The maximum atomic E-state index is 6.64. The van der Waals surface area contributed by atoms with Crippen molar-refractivity contribution in [1.29, 1.82) is 0 Å². The molecular formula is C15H22BrNO2. The largest absolute Gasteiger partial charge is 0.493 e. The fraction of sp³-hybridized carbons (Fsp3) is 0.600. The van der Waals surface area contributed by atoms with Gasteiger partial charge in [0.05, 0.1) is 14.2 Å². The Bertz CT molecular complexity index is 468. The van der Waals surface area contributed by atoms with Gasteiger partial charge in [-0.15, -0.1) is 0 Å². The van der Waals surface area contributed by atoms with Crippen molar-refractivity contribution in [3.63, 3.8) is 0 Å². The summed E-state index contributed by atoms with van der Waals surface area (Å²) in [5.41, 5.74) is 8.62. The fourth-order valence-electron chi connectivity index (χ4n) is 2.98. The highest BCUT2D eigenvalue weighted by atomic mass is 79.9. The van der Waals surface area contributed by atoms with Crippen LogP contribution < -0.4 is 15.2 Å². The van der Waals surface area contributed by atoms with Gasteiger partial charge >= 0.3 is 0 Å². The summed E-state index contributed by atoms with van der Waals surface area (Å²) in [6, 6.07) is 2.03. The highest BCUT2D eigenvalue weighted by Crippen LogP contribution is 2.49. The van der Waals surface area contributed by atoms with Crippen LogP contribution >= 0.6 is 15.9 Å². The molecule has 0 amide bonds. The standard InChI is InChI=1S/C15H22BrNO2/c1-4-10-9-11(18-2)14(19-3)12(13(10)16)15(17)7-5-6-8-15/h9H,4-8,17H2,1-3H3. The first kappa shape index (κ1) is 14.7. The molecule has 1 aliphatic rings. The number of hydrogen-bond donors (Lipinski definition) is 1. The summed E-state index contributed by atoms with van der Waals surface area (Å²) in [4.78, 5) is 0. The van der Waals surface area contributed by atoms with E-state index >= 15 is 0 Å². The Labute approximate surface area is 123 Å². The molecule has 106 valence electrons. The number of methoxy groups -OCH3 is 2. The predicted octanol–water partition coefficient (Wildman–Crippen LogP) is 3.76. The van der Waals surface area contributed by atoms with Crippen molar-refractivity contribution < 1.29 is 9.47 Å². The second-order valence-electron chi connectivity index (χ2n) is 5.18. The molecule has 0 radical (unpaired) electrons. The van der Waals surface area contributed by atoms with E-state index in [0.29, 0.717) is 0 Å². The van der Waals surface area contributed by atoms with Crippen LogP contribution in [0.5, 0.6) is 11.5 Å². The molecule has 0 saturated heterocycles. The zero-order valence-electron chi connectivity index (χ0n) is 11.9. The summed E-state index contributed by atoms with van der Waals surface area (Å²) in [5.74, 6) is 1.55. The average Bonchev–Trinajstić information content (AvgIpc) is 2.85. The van der Waals surface area contributed by atoms with Crippen molar-refractivity contribution in [3.05, 3.63) is 21.7 Å². The molecule has 1 aromatic carbocycles. The van der Waals surface area contributed by atoms with Crippen LogP contribution in [0.3, 0.4) is 0 Å². The summed E-state index contributed by atoms with van der Waals surface area (Å²) < 4.78 is 12.1. The van der Waals surface area contributed by atoms with Crippen LogP contribution in [0.1, 0.15) is 43.7 Å². The van der Waals surface area contributed by atoms with Crippen molar-refractivity contribution >= 4 is 15.9 Å². The molecule has 0 unspecified atom stereocenters. The van der Waals surface area contributed by atoms with Crippen molar-refractivity contribution in [2.24, 2.45) is 5.73 Å². The van der Waals surface area contributed by atoms with Crippen LogP contribution in [0.2, 0.25) is 0 Å². The van der Waals surface area contributed by atoms with E-state index in [-0.39, 0.29) is 5.54 Å². The SMILES string of the molecule is CCc1cc(OC)c(OC)c(C2(N)CCCC2)c1Br. The molecule has 4 heteroatoms. The molecule has 1 aromatic rings. The van der Waals surface area contributed by atoms with Gasteiger partial charge in [-0.3, -0.25) is 0 Å². The van der Waals surface area contributed by atoms with E-state index in [2.05, 4.69) is 22.9 Å². The monoisotopic (exact) mass is 327 g/mol. The molecule has 1 fully saturated rings. The molecule has 0 aliphatic heterocycles. The van der Waals surface area contributed by atoms with Crippen molar-refractivity contribution in [2.75, 3.05) is 14.2 Å². The van der Waals surface area contributed by atoms with E-state index in [4.69, 9.17) is 15.2 Å². The number of ether oxygens (including phenoxy) is 2. The van der Waals surface area contributed by atoms with Crippen molar-refractivity contribution in [1.82, 2.24) is 0 Å². The van der Waals surface area contributed by atoms with Crippen LogP contribution in [0.25, 0.3) is 0 Å². The molecule has 1 aliphatic carbocycles. The zero-order chi connectivity index (χ0) is 14.0. The van der Waals surface area contributed by atoms with Crippen LogP contribution in [-0.4, -0.2) is 14.2 Å². The van der Waals surface area contributed by atoms with Gasteiger partial charge in [0.25, 0.3) is 0 Å². The Morgan fingerprint density at radius 1 is 1.26 bits per heavy atom. The Morgan fingerprint density at radius 2 is 1.89 bits per heavy atom. The maximum absolute atomic E-state index is 6.64. The molecule has 3 nitrogen and oxygen atoms in total. The number of halogens is 1. The quantitative estimate of drug-likeness (QED) is 0.915. The number of benzene rings is 1. The second kappa shape index (κ2) is 5.71. The minimum Gasteiger partial charge on any atom is -0.493 e. The molecule has 0 atom stereocenters. The average molecular weight is 328 g/mol. The normalized spacial score (nSPS) is 17.5. The molecule has 2 rings (SSSR count). The number of hydrogen-bond acceptors (Lipinski definition) is 3. The molecule has 1 saturated carbocycles. The van der Waals surface area contributed by atoms with Gasteiger partial charge in [0.1, 0.15) is 0 Å². The number of nitrogens with two attached hydrogens (primary N) is 1. The van der Waals surface area contributed by atoms with Gasteiger partial charge in [-0.25, -0.2) is 0 Å². The highest BCUT2D eigenvalue weighted by molar-refractivity contribution is 9.10. The first-order valence-electron chi connectivity index (χ1n) is 6.80. The van der Waals surface area contributed by atoms with Crippen molar-refractivity contribution in [2.45, 2.75) is 44.6 Å². The number of aryl methyl sites for hydroxylation is 1. The van der Waals surface area contributed by atoms with Gasteiger partial charge in [-0.05, 0) is 30.9 Å². The summed E-state index contributed by atoms with van der Waals surface area (Å²) in [6.07, 6.45) is 5.27. The Hall–Kier alpha value is -0.740. The van der Waals surface area contributed by atoms with Gasteiger partial charge in [-0.2, -0.15) is 0 Å². The minimum absolute atomic E-state index is 0.303. The van der Waals surface area contributed by atoms with E-state index < -0.39 is 0 Å². The Morgan fingerprint density at radius 3 is 2.37 bits per heavy atom. The van der Waals surface area contributed by atoms with E-state index in [1.165, 1.54) is 18.4 Å². The topological polar surface area (TPSA) is 44.5 Å². The third-order valence-electron chi connectivity index (χ3n) is 4.06. The lowest BCUT2D eigenvalue weighted by Gasteiger charge is -2.29. The molecule has 0 bridgehead atoms. The fourth-order valence-corrected chi connectivity index (χ4v) is 3.95. The third-order valence-corrected chi connectivity index (χ3v) is 4.96. The predicted molar refractivity (Wildman–Crippen MR) is 81.0 cm³/mol. The third kappa shape index (κ3) is 2.48. The van der Waals surface area contributed by atoms with Crippen LogP contribution in [0, 0.1) is 0 Å². The Balaban J connectivity index is 2.68.